The summed E-state index contributed by atoms with van der Waals surface area (Å²) in [6, 6.07) is 18.8. The van der Waals surface area contributed by atoms with Gasteiger partial charge in [-0.2, -0.15) is 0 Å². The van der Waals surface area contributed by atoms with Crippen molar-refractivity contribution in [2.24, 2.45) is 0 Å². The maximum absolute atomic E-state index is 13.0. The van der Waals surface area contributed by atoms with Crippen LogP contribution in [0, 0.1) is 6.92 Å². The number of anilines is 2. The number of nitrogens with zero attached hydrogens (tertiary/aromatic N) is 1. The van der Waals surface area contributed by atoms with Gasteiger partial charge in [0.2, 0.25) is 0 Å². The third-order valence-corrected chi connectivity index (χ3v) is 7.15. The second-order valence-electron chi connectivity index (χ2n) is 7.22. The largest absolute Gasteiger partial charge is 0.484 e. The van der Waals surface area contributed by atoms with E-state index in [1.165, 1.54) is 16.4 Å². The molecule has 0 saturated heterocycles. The number of fused-ring (bicyclic) bond motifs is 1. The lowest BCUT2D eigenvalue weighted by Gasteiger charge is -2.19. The number of nitrogens with one attached hydrogen (secondary N) is 1. The van der Waals surface area contributed by atoms with Gasteiger partial charge in [0.1, 0.15) is 5.75 Å². The van der Waals surface area contributed by atoms with Crippen LogP contribution in [0.1, 0.15) is 11.1 Å². The van der Waals surface area contributed by atoms with Crippen LogP contribution >= 0.6 is 11.6 Å². The maximum atomic E-state index is 13.0. The Hall–Kier alpha value is -3.03. The molecule has 0 spiro atoms. The third kappa shape index (κ3) is 4.52. The van der Waals surface area contributed by atoms with Crippen LogP contribution < -0.4 is 14.4 Å². The number of para-hydroxylation sites is 1. The quantitative estimate of drug-likeness (QED) is 0.595. The SMILES string of the molecule is Cc1cc(Cl)ccc1NC(=O)COc1ccc(S(=O)(=O)N2CCc3ccccc32)cc1. The van der Waals surface area contributed by atoms with Gasteiger partial charge < -0.3 is 10.1 Å². The number of carbonyl (C=O) groups excluding carboxylic acids is 1. The number of hydrogen-bond acceptors (Lipinski definition) is 4. The van der Waals surface area contributed by atoms with Crippen molar-refractivity contribution >= 4 is 38.9 Å². The van der Waals surface area contributed by atoms with Crippen LogP contribution in [0.15, 0.2) is 71.6 Å². The Labute approximate surface area is 186 Å². The van der Waals surface area contributed by atoms with Crippen molar-refractivity contribution in [3.63, 3.8) is 0 Å². The highest BCUT2D eigenvalue weighted by Gasteiger charge is 2.30. The van der Waals surface area contributed by atoms with Crippen LogP contribution in [-0.2, 0) is 21.2 Å². The van der Waals surface area contributed by atoms with Gasteiger partial charge in [-0.25, -0.2) is 8.42 Å². The average molecular weight is 457 g/mol. The Morgan fingerprint density at radius 1 is 1.10 bits per heavy atom. The molecular weight excluding hydrogens is 436 g/mol. The van der Waals surface area contributed by atoms with Crippen molar-refractivity contribution < 1.29 is 17.9 Å². The molecule has 0 bridgehead atoms. The summed E-state index contributed by atoms with van der Waals surface area (Å²) in [5.74, 6) is 0.0829. The minimum Gasteiger partial charge on any atom is -0.484 e. The number of carbonyl (C=O) groups is 1. The monoisotopic (exact) mass is 456 g/mol. The first-order chi connectivity index (χ1) is 14.8. The van der Waals surface area contributed by atoms with Gasteiger partial charge in [0, 0.05) is 17.3 Å². The minimum atomic E-state index is -3.66. The fraction of sp³-hybridized carbons (Fsp3) is 0.174. The Bertz CT molecular complexity index is 1230. The molecule has 1 heterocycles. The third-order valence-electron chi connectivity index (χ3n) is 5.09. The molecule has 0 fully saturated rings. The Morgan fingerprint density at radius 3 is 2.58 bits per heavy atom. The van der Waals surface area contributed by atoms with E-state index >= 15 is 0 Å². The number of sulfonamides is 1. The van der Waals surface area contributed by atoms with E-state index in [1.807, 2.05) is 31.2 Å². The van der Waals surface area contributed by atoms with Crippen molar-refractivity contribution in [3.05, 3.63) is 82.9 Å². The molecule has 0 atom stereocenters. The second-order valence-corrected chi connectivity index (χ2v) is 9.52. The molecule has 4 rings (SSSR count). The molecule has 8 heteroatoms. The van der Waals surface area contributed by atoms with E-state index < -0.39 is 10.0 Å². The van der Waals surface area contributed by atoms with Gasteiger partial charge in [-0.05, 0) is 73.0 Å². The highest BCUT2D eigenvalue weighted by Crippen LogP contribution is 2.33. The maximum Gasteiger partial charge on any atom is 0.264 e. The lowest BCUT2D eigenvalue weighted by molar-refractivity contribution is -0.118. The van der Waals surface area contributed by atoms with Gasteiger partial charge in [0.05, 0.1) is 10.6 Å². The number of rotatable bonds is 6. The standard InChI is InChI=1S/C23H21ClN2O4S/c1-16-14-18(24)6-11-21(16)25-23(27)15-30-19-7-9-20(10-8-19)31(28,29)26-13-12-17-4-2-3-5-22(17)26/h2-11,14H,12-13,15H2,1H3,(H,25,27). The summed E-state index contributed by atoms with van der Waals surface area (Å²) in [6.45, 7) is 2.07. The summed E-state index contributed by atoms with van der Waals surface area (Å²) >= 11 is 5.92. The summed E-state index contributed by atoms with van der Waals surface area (Å²) < 4.78 is 33.0. The van der Waals surface area contributed by atoms with Gasteiger partial charge in [-0.3, -0.25) is 9.10 Å². The van der Waals surface area contributed by atoms with Gasteiger partial charge in [0.25, 0.3) is 15.9 Å². The zero-order valence-corrected chi connectivity index (χ0v) is 18.4. The van der Waals surface area contributed by atoms with Gasteiger partial charge in [-0.15, -0.1) is 0 Å². The smallest absolute Gasteiger partial charge is 0.264 e. The summed E-state index contributed by atoms with van der Waals surface area (Å²) in [4.78, 5) is 12.3. The zero-order chi connectivity index (χ0) is 22.0. The number of ether oxygens (including phenoxy) is 1. The molecule has 0 aliphatic carbocycles. The van der Waals surface area contributed by atoms with E-state index in [9.17, 15) is 13.2 Å². The van der Waals surface area contributed by atoms with Crippen LogP contribution in [0.5, 0.6) is 5.75 Å². The fourth-order valence-electron chi connectivity index (χ4n) is 3.50. The van der Waals surface area contributed by atoms with Crippen molar-refractivity contribution in [3.8, 4) is 5.75 Å². The van der Waals surface area contributed by atoms with Crippen LogP contribution in [0.3, 0.4) is 0 Å². The number of aryl methyl sites for hydroxylation is 1. The summed E-state index contributed by atoms with van der Waals surface area (Å²) in [6.07, 6.45) is 0.693. The Balaban J connectivity index is 1.40. The first kappa shape index (κ1) is 21.2. The lowest BCUT2D eigenvalue weighted by atomic mass is 10.2. The molecule has 6 nitrogen and oxygen atoms in total. The topological polar surface area (TPSA) is 75.7 Å². The van der Waals surface area contributed by atoms with Crippen molar-refractivity contribution in [1.82, 2.24) is 0 Å². The number of amides is 1. The molecule has 0 aromatic heterocycles. The molecule has 1 aliphatic rings. The fourth-order valence-corrected chi connectivity index (χ4v) is 5.23. The highest BCUT2D eigenvalue weighted by molar-refractivity contribution is 7.92. The molecule has 1 N–H and O–H groups in total. The van der Waals surface area contributed by atoms with Gasteiger partial charge in [0.15, 0.2) is 6.61 Å². The first-order valence-corrected chi connectivity index (χ1v) is 11.6. The van der Waals surface area contributed by atoms with E-state index in [1.54, 1.807) is 30.3 Å². The van der Waals surface area contributed by atoms with E-state index in [4.69, 9.17) is 16.3 Å². The van der Waals surface area contributed by atoms with Crippen LogP contribution in [0.2, 0.25) is 5.02 Å². The van der Waals surface area contributed by atoms with E-state index in [0.717, 1.165) is 16.8 Å². The Kier molecular flexibility index (Phi) is 5.89. The van der Waals surface area contributed by atoms with Crippen molar-refractivity contribution in [1.29, 1.82) is 0 Å². The molecule has 3 aromatic rings. The molecule has 31 heavy (non-hydrogen) atoms. The van der Waals surface area contributed by atoms with E-state index in [2.05, 4.69) is 5.32 Å². The van der Waals surface area contributed by atoms with Gasteiger partial charge >= 0.3 is 0 Å². The Morgan fingerprint density at radius 2 is 1.84 bits per heavy atom. The minimum absolute atomic E-state index is 0.179. The molecular formula is C23H21ClN2O4S. The van der Waals surface area contributed by atoms with Crippen molar-refractivity contribution in [2.45, 2.75) is 18.2 Å². The van der Waals surface area contributed by atoms with E-state index in [-0.39, 0.29) is 17.4 Å². The molecule has 3 aromatic carbocycles. The highest BCUT2D eigenvalue weighted by atomic mass is 35.5. The summed E-state index contributed by atoms with van der Waals surface area (Å²) in [5, 5.41) is 3.36. The van der Waals surface area contributed by atoms with Crippen LogP contribution in [-0.4, -0.2) is 27.5 Å². The lowest BCUT2D eigenvalue weighted by Crippen LogP contribution is -2.29. The zero-order valence-electron chi connectivity index (χ0n) is 16.8. The molecule has 1 amide bonds. The van der Waals surface area contributed by atoms with E-state index in [0.29, 0.717) is 29.4 Å². The van der Waals surface area contributed by atoms with Crippen LogP contribution in [0.25, 0.3) is 0 Å². The molecule has 1 aliphatic heterocycles. The summed E-state index contributed by atoms with van der Waals surface area (Å²) in [5.41, 5.74) is 3.24. The number of halogens is 1. The molecule has 160 valence electrons. The molecule has 0 unspecified atom stereocenters. The summed E-state index contributed by atoms with van der Waals surface area (Å²) in [7, 11) is -3.66. The first-order valence-electron chi connectivity index (χ1n) is 9.74. The predicted octanol–water partition coefficient (Wildman–Crippen LogP) is 4.42. The predicted molar refractivity (Wildman–Crippen MR) is 121 cm³/mol. The molecule has 0 saturated carbocycles. The average Bonchev–Trinajstić information content (AvgIpc) is 3.20. The normalized spacial score (nSPS) is 13.0. The number of hydrogen-bond donors (Lipinski definition) is 1. The van der Waals surface area contributed by atoms with Gasteiger partial charge in [-0.1, -0.05) is 29.8 Å². The second kappa shape index (κ2) is 8.61. The molecule has 0 radical (unpaired) electrons. The van der Waals surface area contributed by atoms with Crippen LogP contribution in [0.4, 0.5) is 11.4 Å². The number of benzene rings is 3. The van der Waals surface area contributed by atoms with Crippen molar-refractivity contribution in [2.75, 3.05) is 22.8 Å².